The molecule has 0 bridgehead atoms. The first-order valence-electron chi connectivity index (χ1n) is 8.58. The summed E-state index contributed by atoms with van der Waals surface area (Å²) in [6.45, 7) is 4.67. The van der Waals surface area contributed by atoms with Crippen LogP contribution in [0.2, 0.25) is 0 Å². The van der Waals surface area contributed by atoms with Crippen molar-refractivity contribution in [3.05, 3.63) is 46.4 Å². The first-order valence-corrected chi connectivity index (χ1v) is 10.9. The van der Waals surface area contributed by atoms with Gasteiger partial charge in [0.2, 0.25) is 11.8 Å². The minimum atomic E-state index is -4.02. The molecule has 0 radical (unpaired) electrons. The summed E-state index contributed by atoms with van der Waals surface area (Å²) in [5, 5.41) is 5.05. The van der Waals surface area contributed by atoms with Crippen LogP contribution in [-0.2, 0) is 19.6 Å². The Morgan fingerprint density at radius 3 is 2.45 bits per heavy atom. The molecule has 0 aliphatic carbocycles. The van der Waals surface area contributed by atoms with Gasteiger partial charge in [0, 0.05) is 17.1 Å². The predicted octanol–water partition coefficient (Wildman–Crippen LogP) is 3.03. The zero-order chi connectivity index (χ0) is 21.8. The van der Waals surface area contributed by atoms with Crippen molar-refractivity contribution in [1.29, 1.82) is 0 Å². The molecule has 29 heavy (non-hydrogen) atoms. The second-order valence-electron chi connectivity index (χ2n) is 6.37. The minimum Gasteiger partial charge on any atom is -0.495 e. The number of methoxy groups -OCH3 is 1. The number of amides is 2. The zero-order valence-corrected chi connectivity index (χ0v) is 18.8. The van der Waals surface area contributed by atoms with Crippen LogP contribution in [0.3, 0.4) is 0 Å². The monoisotopic (exact) mass is 483 g/mol. The van der Waals surface area contributed by atoms with Gasteiger partial charge in [0.15, 0.2) is 0 Å². The summed E-state index contributed by atoms with van der Waals surface area (Å²) in [4.78, 5) is 23.2. The lowest BCUT2D eigenvalue weighted by Gasteiger charge is -2.16. The Kier molecular flexibility index (Phi) is 7.26. The van der Waals surface area contributed by atoms with E-state index in [1.165, 1.54) is 39.2 Å². The summed E-state index contributed by atoms with van der Waals surface area (Å²) >= 11 is 3.32. The normalized spacial score (nSPS) is 12.0. The summed E-state index contributed by atoms with van der Waals surface area (Å²) in [6, 6.07) is 8.74. The van der Waals surface area contributed by atoms with Gasteiger partial charge in [0.05, 0.1) is 12.8 Å². The molecule has 2 rings (SSSR count). The Hall–Kier alpha value is -2.59. The van der Waals surface area contributed by atoms with Gasteiger partial charge >= 0.3 is 0 Å². The molecule has 3 N–H and O–H groups in total. The number of halogens is 1. The number of ether oxygens (including phenoxy) is 1. The highest BCUT2D eigenvalue weighted by Crippen LogP contribution is 2.31. The number of sulfonamides is 1. The number of hydrogen-bond acceptors (Lipinski definition) is 5. The number of aryl methyl sites for hydroxylation is 1. The molecule has 2 aromatic rings. The van der Waals surface area contributed by atoms with E-state index in [2.05, 4.69) is 31.3 Å². The van der Waals surface area contributed by atoms with Crippen molar-refractivity contribution in [1.82, 2.24) is 5.32 Å². The van der Waals surface area contributed by atoms with Gasteiger partial charge in [-0.3, -0.25) is 14.3 Å². The number of anilines is 2. The minimum absolute atomic E-state index is 0.120. The standard InChI is InChI=1S/C19H22BrN3O5S/c1-11-5-7-15(20)16(9-11)23-29(26,27)18-10-14(6-8-17(18)28-4)22-19(25)12(2)21-13(3)24/h5-10,12,23H,1-4H3,(H,21,24)(H,22,25)/t12-/m0/s1. The van der Waals surface area contributed by atoms with Crippen LogP contribution in [0.5, 0.6) is 5.75 Å². The molecule has 10 heteroatoms. The fourth-order valence-electron chi connectivity index (χ4n) is 2.50. The predicted molar refractivity (Wildman–Crippen MR) is 115 cm³/mol. The average Bonchev–Trinajstić information content (AvgIpc) is 2.64. The van der Waals surface area contributed by atoms with Crippen LogP contribution in [0.4, 0.5) is 11.4 Å². The lowest BCUT2D eigenvalue weighted by atomic mass is 10.2. The van der Waals surface area contributed by atoms with Crippen LogP contribution >= 0.6 is 15.9 Å². The Bertz CT molecular complexity index is 1040. The van der Waals surface area contributed by atoms with Gasteiger partial charge in [0.25, 0.3) is 10.0 Å². The van der Waals surface area contributed by atoms with Crippen LogP contribution in [0.1, 0.15) is 19.4 Å². The summed E-state index contributed by atoms with van der Waals surface area (Å²) in [5.41, 5.74) is 1.50. The molecule has 8 nitrogen and oxygen atoms in total. The maximum Gasteiger partial charge on any atom is 0.265 e. The molecule has 0 aromatic heterocycles. The van der Waals surface area contributed by atoms with E-state index in [1.807, 2.05) is 13.0 Å². The maximum atomic E-state index is 13.0. The first-order chi connectivity index (χ1) is 13.5. The maximum absolute atomic E-state index is 13.0. The van der Waals surface area contributed by atoms with Crippen molar-refractivity contribution < 1.29 is 22.7 Å². The van der Waals surface area contributed by atoms with Gasteiger partial charge in [-0.15, -0.1) is 0 Å². The molecule has 0 fully saturated rings. The number of hydrogen-bond donors (Lipinski definition) is 3. The van der Waals surface area contributed by atoms with Crippen molar-refractivity contribution in [3.8, 4) is 5.75 Å². The first kappa shape index (κ1) is 22.7. The Morgan fingerprint density at radius 1 is 1.14 bits per heavy atom. The van der Waals surface area contributed by atoms with Crippen molar-refractivity contribution in [2.45, 2.75) is 31.7 Å². The quantitative estimate of drug-likeness (QED) is 0.559. The van der Waals surface area contributed by atoms with E-state index in [-0.39, 0.29) is 22.2 Å². The van der Waals surface area contributed by atoms with Crippen LogP contribution in [0.25, 0.3) is 0 Å². The molecule has 1 atom stereocenters. The van der Waals surface area contributed by atoms with Crippen molar-refractivity contribution in [2.75, 3.05) is 17.1 Å². The van der Waals surface area contributed by atoms with E-state index in [1.54, 1.807) is 12.1 Å². The molecule has 0 saturated carbocycles. The molecule has 2 amide bonds. The fraction of sp³-hybridized carbons (Fsp3) is 0.263. The Balaban J connectivity index is 2.35. The lowest BCUT2D eigenvalue weighted by molar-refractivity contribution is -0.124. The fourth-order valence-corrected chi connectivity index (χ4v) is 4.25. The summed E-state index contributed by atoms with van der Waals surface area (Å²) in [7, 11) is -2.66. The number of rotatable bonds is 7. The van der Waals surface area contributed by atoms with Crippen LogP contribution in [0.15, 0.2) is 45.8 Å². The topological polar surface area (TPSA) is 114 Å². The summed E-state index contributed by atoms with van der Waals surface area (Å²) < 4.78 is 34.2. The average molecular weight is 484 g/mol. The molecule has 0 spiro atoms. The number of nitrogens with one attached hydrogen (secondary N) is 3. The van der Waals surface area contributed by atoms with E-state index < -0.39 is 22.0 Å². The number of carbonyl (C=O) groups excluding carboxylic acids is 2. The van der Waals surface area contributed by atoms with E-state index >= 15 is 0 Å². The lowest BCUT2D eigenvalue weighted by Crippen LogP contribution is -2.40. The van der Waals surface area contributed by atoms with Gasteiger partial charge < -0.3 is 15.4 Å². The third kappa shape index (κ3) is 5.94. The number of benzene rings is 2. The largest absolute Gasteiger partial charge is 0.495 e. The smallest absolute Gasteiger partial charge is 0.265 e. The SMILES string of the molecule is COc1ccc(NC(=O)[C@H](C)NC(C)=O)cc1S(=O)(=O)Nc1cc(C)ccc1Br. The number of carbonyl (C=O) groups is 2. The highest BCUT2D eigenvalue weighted by Gasteiger charge is 2.22. The van der Waals surface area contributed by atoms with Gasteiger partial charge in [0.1, 0.15) is 16.7 Å². The van der Waals surface area contributed by atoms with Crippen LogP contribution in [0, 0.1) is 6.92 Å². The van der Waals surface area contributed by atoms with Crippen molar-refractivity contribution in [3.63, 3.8) is 0 Å². The van der Waals surface area contributed by atoms with E-state index in [9.17, 15) is 18.0 Å². The van der Waals surface area contributed by atoms with Crippen LogP contribution < -0.4 is 20.1 Å². The zero-order valence-electron chi connectivity index (χ0n) is 16.4. The van der Waals surface area contributed by atoms with Gasteiger partial charge in [-0.1, -0.05) is 6.07 Å². The molecular weight excluding hydrogens is 462 g/mol. The van der Waals surface area contributed by atoms with Crippen LogP contribution in [-0.4, -0.2) is 33.4 Å². The van der Waals surface area contributed by atoms with Gasteiger partial charge in [-0.05, 0) is 65.7 Å². The van der Waals surface area contributed by atoms with E-state index in [0.29, 0.717) is 10.2 Å². The Labute approximate surface area is 178 Å². The highest BCUT2D eigenvalue weighted by atomic mass is 79.9. The van der Waals surface area contributed by atoms with E-state index in [0.717, 1.165) is 5.56 Å². The molecule has 0 unspecified atom stereocenters. The van der Waals surface area contributed by atoms with Crippen molar-refractivity contribution >= 4 is 49.1 Å². The molecule has 0 saturated heterocycles. The van der Waals surface area contributed by atoms with Crippen molar-refractivity contribution in [2.24, 2.45) is 0 Å². The third-order valence-electron chi connectivity index (χ3n) is 3.90. The molecule has 156 valence electrons. The van der Waals surface area contributed by atoms with E-state index in [4.69, 9.17) is 4.74 Å². The molecular formula is C19H22BrN3O5S. The second-order valence-corrected chi connectivity index (χ2v) is 8.87. The molecule has 2 aromatic carbocycles. The van der Waals surface area contributed by atoms with Gasteiger partial charge in [-0.25, -0.2) is 8.42 Å². The third-order valence-corrected chi connectivity index (χ3v) is 5.98. The molecule has 0 aliphatic rings. The molecule has 0 heterocycles. The Morgan fingerprint density at radius 2 is 1.83 bits per heavy atom. The highest BCUT2D eigenvalue weighted by molar-refractivity contribution is 9.10. The molecule has 0 aliphatic heterocycles. The van der Waals surface area contributed by atoms with Gasteiger partial charge in [-0.2, -0.15) is 0 Å². The second kappa shape index (κ2) is 9.27. The summed E-state index contributed by atoms with van der Waals surface area (Å²) in [6.07, 6.45) is 0. The summed E-state index contributed by atoms with van der Waals surface area (Å²) in [5.74, 6) is -0.712.